The zero-order chi connectivity index (χ0) is 18.3. The third-order valence-corrected chi connectivity index (χ3v) is 6.02. The van der Waals surface area contributed by atoms with Crippen LogP contribution in [0.15, 0.2) is 0 Å². The number of methoxy groups -OCH3 is 1. The highest BCUT2D eigenvalue weighted by Crippen LogP contribution is 2.34. The van der Waals surface area contributed by atoms with Crippen LogP contribution in [-0.4, -0.2) is 22.8 Å². The highest BCUT2D eigenvalue weighted by Gasteiger charge is 2.42. The van der Waals surface area contributed by atoms with Crippen molar-refractivity contribution in [2.75, 3.05) is 7.11 Å². The summed E-state index contributed by atoms with van der Waals surface area (Å²) < 4.78 is 2.92. The number of alkyl halides is 3. The summed E-state index contributed by atoms with van der Waals surface area (Å²) in [7, 11) is 1.26. The fraction of sp³-hybridized carbons (Fsp3) is 0.947. The Balaban J connectivity index is 3.41. The van der Waals surface area contributed by atoms with Gasteiger partial charge < -0.3 is 4.74 Å². The Morgan fingerprint density at radius 3 is 1.58 bits per heavy atom. The minimum Gasteiger partial charge on any atom is -0.467 e. The SMILES string of the molecule is CCCCCCCCCCCCCCCC(Cl)C(Cl)(Cl)C(=O)OC. The van der Waals surface area contributed by atoms with E-state index in [1.54, 1.807) is 0 Å². The Kier molecular flexibility index (Phi) is 15.8. The summed E-state index contributed by atoms with van der Waals surface area (Å²) in [5.74, 6) is -0.680. The number of halogens is 3. The topological polar surface area (TPSA) is 26.3 Å². The van der Waals surface area contributed by atoms with Crippen molar-refractivity contribution in [1.82, 2.24) is 0 Å². The molecule has 0 saturated heterocycles. The average molecular weight is 402 g/mol. The molecule has 0 heterocycles. The predicted molar refractivity (Wildman–Crippen MR) is 106 cm³/mol. The van der Waals surface area contributed by atoms with E-state index in [9.17, 15) is 4.79 Å². The van der Waals surface area contributed by atoms with E-state index in [0.29, 0.717) is 6.42 Å². The molecule has 0 radical (unpaired) electrons. The Labute approximate surface area is 163 Å². The van der Waals surface area contributed by atoms with Crippen molar-refractivity contribution in [1.29, 1.82) is 0 Å². The average Bonchev–Trinajstić information content (AvgIpc) is 2.57. The minimum atomic E-state index is -1.65. The molecule has 0 aliphatic rings. The van der Waals surface area contributed by atoms with Gasteiger partial charge in [-0.05, 0) is 6.42 Å². The Hall–Kier alpha value is 0.340. The van der Waals surface area contributed by atoms with Gasteiger partial charge in [0.15, 0.2) is 0 Å². The first-order valence-corrected chi connectivity index (χ1v) is 10.8. The summed E-state index contributed by atoms with van der Waals surface area (Å²) in [5, 5.41) is -0.610. The number of carbonyl (C=O) groups excluding carboxylic acids is 1. The lowest BCUT2D eigenvalue weighted by Gasteiger charge is -2.22. The number of ether oxygens (including phenoxy) is 1. The Morgan fingerprint density at radius 1 is 0.833 bits per heavy atom. The van der Waals surface area contributed by atoms with E-state index in [1.807, 2.05) is 0 Å². The maximum absolute atomic E-state index is 11.4. The lowest BCUT2D eigenvalue weighted by atomic mass is 10.0. The first kappa shape index (κ1) is 24.3. The van der Waals surface area contributed by atoms with Gasteiger partial charge in [0, 0.05) is 0 Å². The molecule has 0 aromatic carbocycles. The van der Waals surface area contributed by atoms with Crippen molar-refractivity contribution in [2.45, 2.75) is 107 Å². The number of rotatable bonds is 16. The quantitative estimate of drug-likeness (QED) is 0.153. The highest BCUT2D eigenvalue weighted by atomic mass is 35.5. The first-order valence-electron chi connectivity index (χ1n) is 9.57. The van der Waals surface area contributed by atoms with E-state index < -0.39 is 15.7 Å². The van der Waals surface area contributed by atoms with Gasteiger partial charge in [0.05, 0.1) is 12.5 Å². The molecule has 24 heavy (non-hydrogen) atoms. The molecule has 0 rings (SSSR count). The third-order valence-electron chi connectivity index (χ3n) is 4.41. The van der Waals surface area contributed by atoms with E-state index in [-0.39, 0.29) is 0 Å². The van der Waals surface area contributed by atoms with Crippen molar-refractivity contribution < 1.29 is 9.53 Å². The maximum Gasteiger partial charge on any atom is 0.343 e. The molecule has 0 aromatic rings. The summed E-state index contributed by atoms with van der Waals surface area (Å²) in [6.07, 6.45) is 17.5. The lowest BCUT2D eigenvalue weighted by molar-refractivity contribution is -0.141. The predicted octanol–water partition coefficient (Wildman–Crippen LogP) is 7.42. The van der Waals surface area contributed by atoms with Crippen molar-refractivity contribution >= 4 is 40.8 Å². The monoisotopic (exact) mass is 400 g/mol. The van der Waals surface area contributed by atoms with E-state index in [2.05, 4.69) is 11.7 Å². The third kappa shape index (κ3) is 11.8. The lowest BCUT2D eigenvalue weighted by Crippen LogP contribution is -2.37. The molecule has 1 atom stereocenters. The van der Waals surface area contributed by atoms with Crippen LogP contribution in [0.5, 0.6) is 0 Å². The van der Waals surface area contributed by atoms with Crippen LogP contribution in [0.25, 0.3) is 0 Å². The number of hydrogen-bond donors (Lipinski definition) is 0. The van der Waals surface area contributed by atoms with Crippen LogP contribution in [-0.2, 0) is 9.53 Å². The second-order valence-electron chi connectivity index (χ2n) is 6.61. The van der Waals surface area contributed by atoms with Crippen LogP contribution >= 0.6 is 34.8 Å². The molecule has 2 nitrogen and oxygen atoms in total. The van der Waals surface area contributed by atoms with Crippen molar-refractivity contribution in [3.05, 3.63) is 0 Å². The van der Waals surface area contributed by atoms with Crippen LogP contribution in [0.4, 0.5) is 0 Å². The summed E-state index contributed by atoms with van der Waals surface area (Å²) in [6.45, 7) is 2.26. The first-order chi connectivity index (χ1) is 11.5. The van der Waals surface area contributed by atoms with Gasteiger partial charge in [-0.25, -0.2) is 4.79 Å². The van der Waals surface area contributed by atoms with E-state index in [4.69, 9.17) is 34.8 Å². The summed E-state index contributed by atoms with van der Waals surface area (Å²) in [5.41, 5.74) is 0. The number of carbonyl (C=O) groups is 1. The second kappa shape index (κ2) is 15.6. The van der Waals surface area contributed by atoms with Crippen molar-refractivity contribution in [3.63, 3.8) is 0 Å². The zero-order valence-electron chi connectivity index (χ0n) is 15.4. The van der Waals surface area contributed by atoms with E-state index in [1.165, 1.54) is 77.7 Å². The van der Waals surface area contributed by atoms with Crippen molar-refractivity contribution in [2.24, 2.45) is 0 Å². The molecular formula is C19H35Cl3O2. The zero-order valence-corrected chi connectivity index (χ0v) is 17.7. The second-order valence-corrected chi connectivity index (χ2v) is 8.53. The summed E-state index contributed by atoms with van der Waals surface area (Å²) in [6, 6.07) is 0. The molecule has 1 unspecified atom stereocenters. The highest BCUT2D eigenvalue weighted by molar-refractivity contribution is 6.60. The number of hydrogen-bond acceptors (Lipinski definition) is 2. The largest absolute Gasteiger partial charge is 0.467 e. The smallest absolute Gasteiger partial charge is 0.343 e. The van der Waals surface area contributed by atoms with Gasteiger partial charge in [-0.1, -0.05) is 114 Å². The van der Waals surface area contributed by atoms with Crippen LogP contribution in [0.2, 0.25) is 0 Å². The van der Waals surface area contributed by atoms with Gasteiger partial charge in [0.25, 0.3) is 0 Å². The van der Waals surface area contributed by atoms with Gasteiger partial charge in [-0.15, -0.1) is 11.6 Å². The van der Waals surface area contributed by atoms with E-state index in [0.717, 1.165) is 12.8 Å². The molecule has 0 aliphatic carbocycles. The number of unbranched alkanes of at least 4 members (excludes halogenated alkanes) is 12. The Morgan fingerprint density at radius 2 is 1.21 bits per heavy atom. The molecule has 0 aliphatic heterocycles. The normalized spacial score (nSPS) is 13.0. The number of esters is 1. The van der Waals surface area contributed by atoms with Gasteiger partial charge in [0.2, 0.25) is 4.33 Å². The maximum atomic E-state index is 11.4. The molecule has 0 spiro atoms. The molecule has 0 bridgehead atoms. The van der Waals surface area contributed by atoms with E-state index >= 15 is 0 Å². The summed E-state index contributed by atoms with van der Waals surface area (Å²) in [4.78, 5) is 11.4. The van der Waals surface area contributed by atoms with Gasteiger partial charge in [-0.3, -0.25) is 0 Å². The fourth-order valence-corrected chi connectivity index (χ4v) is 3.40. The molecule has 0 amide bonds. The molecule has 144 valence electrons. The van der Waals surface area contributed by atoms with Crippen LogP contribution < -0.4 is 0 Å². The van der Waals surface area contributed by atoms with Crippen molar-refractivity contribution in [3.8, 4) is 0 Å². The molecule has 5 heteroatoms. The Bertz CT molecular complexity index is 309. The molecule has 0 N–H and O–H groups in total. The van der Waals surface area contributed by atoms with Crippen LogP contribution in [0.3, 0.4) is 0 Å². The van der Waals surface area contributed by atoms with Gasteiger partial charge in [0.1, 0.15) is 0 Å². The van der Waals surface area contributed by atoms with Crippen LogP contribution in [0, 0.1) is 0 Å². The minimum absolute atomic E-state index is 0.610. The molecule has 0 saturated carbocycles. The summed E-state index contributed by atoms with van der Waals surface area (Å²) >= 11 is 18.0. The van der Waals surface area contributed by atoms with Crippen LogP contribution in [0.1, 0.15) is 96.8 Å². The van der Waals surface area contributed by atoms with Gasteiger partial charge in [-0.2, -0.15) is 0 Å². The van der Waals surface area contributed by atoms with Gasteiger partial charge >= 0.3 is 5.97 Å². The molecule has 0 aromatic heterocycles. The molecule has 0 fully saturated rings. The fourth-order valence-electron chi connectivity index (χ4n) is 2.79. The molecular weight excluding hydrogens is 367 g/mol. The standard InChI is InChI=1S/C19H35Cl3O2/c1-3-4-5-6-7-8-9-10-11-12-13-14-15-16-17(20)19(21,22)18(23)24-2/h17H,3-16H2,1-2H3.